The number of para-hydroxylation sites is 2. The number of nitrogens with zero attached hydrogens (tertiary/aromatic N) is 3. The van der Waals surface area contributed by atoms with Gasteiger partial charge < -0.3 is 20.3 Å². The highest BCUT2D eigenvalue weighted by molar-refractivity contribution is 8.01. The molecular weight excluding hydrogens is 386 g/mol. The lowest BCUT2D eigenvalue weighted by Gasteiger charge is -2.28. The fourth-order valence-corrected chi connectivity index (χ4v) is 4.64. The van der Waals surface area contributed by atoms with Gasteiger partial charge in [-0.1, -0.05) is 35.2 Å². The van der Waals surface area contributed by atoms with E-state index in [0.29, 0.717) is 10.0 Å². The van der Waals surface area contributed by atoms with E-state index >= 15 is 0 Å². The summed E-state index contributed by atoms with van der Waals surface area (Å²) in [6.45, 7) is 1.57. The third-order valence-electron chi connectivity index (χ3n) is 4.30. The van der Waals surface area contributed by atoms with Crippen molar-refractivity contribution in [3.05, 3.63) is 24.3 Å². The van der Waals surface area contributed by atoms with E-state index in [1.807, 2.05) is 18.2 Å². The predicted octanol–water partition coefficient (Wildman–Crippen LogP) is 2.21. The summed E-state index contributed by atoms with van der Waals surface area (Å²) in [5.41, 5.74) is 1.38. The summed E-state index contributed by atoms with van der Waals surface area (Å²) < 4.78 is 6.29. The summed E-state index contributed by atoms with van der Waals surface area (Å²) in [5.74, 6) is -0.128. The van der Waals surface area contributed by atoms with Crippen molar-refractivity contribution in [2.45, 2.75) is 23.3 Å². The van der Waals surface area contributed by atoms with E-state index in [1.165, 1.54) is 28.0 Å². The molecule has 2 N–H and O–H groups in total. The fourth-order valence-electron chi connectivity index (χ4n) is 3.00. The Balaban J connectivity index is 1.32. The van der Waals surface area contributed by atoms with Gasteiger partial charge in [0, 0.05) is 13.2 Å². The minimum atomic E-state index is -0.191. The van der Waals surface area contributed by atoms with Crippen LogP contribution < -0.4 is 15.5 Å². The molecule has 1 saturated heterocycles. The highest BCUT2D eigenvalue weighted by atomic mass is 32.2. The summed E-state index contributed by atoms with van der Waals surface area (Å²) in [7, 11) is 0. The first-order chi connectivity index (χ1) is 13.2. The molecule has 1 atom stereocenters. The van der Waals surface area contributed by atoms with Gasteiger partial charge in [-0.05, 0) is 25.0 Å². The van der Waals surface area contributed by atoms with Crippen molar-refractivity contribution in [1.82, 2.24) is 10.2 Å². The summed E-state index contributed by atoms with van der Waals surface area (Å²) in [6.07, 6.45) is 2.40. The standard InChI is InChI=1S/C17H19N5O3S2/c23-14-9-22(13-6-2-1-5-12(13)19-14)15(24)10-26-17-21-20-16(27-17)18-8-11-4-3-7-25-11/h1-2,5-6,11H,3-4,7-10H2,(H,18,20)(H,19,23). The Kier molecular flexibility index (Phi) is 5.55. The highest BCUT2D eigenvalue weighted by Crippen LogP contribution is 2.31. The van der Waals surface area contributed by atoms with Gasteiger partial charge in [-0.25, -0.2) is 0 Å². The predicted molar refractivity (Wildman–Crippen MR) is 106 cm³/mol. The van der Waals surface area contributed by atoms with Crippen LogP contribution in [0.2, 0.25) is 0 Å². The third kappa shape index (κ3) is 4.40. The molecule has 1 unspecified atom stereocenters. The number of nitrogens with one attached hydrogen (secondary N) is 2. The molecule has 2 aliphatic heterocycles. The molecular formula is C17H19N5O3S2. The van der Waals surface area contributed by atoms with Gasteiger partial charge in [0.05, 0.1) is 23.2 Å². The Hall–Kier alpha value is -2.17. The molecule has 27 heavy (non-hydrogen) atoms. The molecule has 0 radical (unpaired) electrons. The van der Waals surface area contributed by atoms with E-state index in [1.54, 1.807) is 6.07 Å². The van der Waals surface area contributed by atoms with E-state index < -0.39 is 0 Å². The van der Waals surface area contributed by atoms with Gasteiger partial charge in [0.2, 0.25) is 16.9 Å². The number of carbonyl (C=O) groups excluding carboxylic acids is 2. The Morgan fingerprint density at radius 2 is 2.30 bits per heavy atom. The van der Waals surface area contributed by atoms with Gasteiger partial charge >= 0.3 is 0 Å². The first-order valence-electron chi connectivity index (χ1n) is 8.70. The van der Waals surface area contributed by atoms with Crippen LogP contribution in [-0.4, -0.2) is 53.6 Å². The number of rotatable bonds is 6. The van der Waals surface area contributed by atoms with Gasteiger partial charge in [0.25, 0.3) is 0 Å². The maximum Gasteiger partial charge on any atom is 0.244 e. The van der Waals surface area contributed by atoms with Gasteiger partial charge in [0.1, 0.15) is 6.54 Å². The number of thioether (sulfide) groups is 1. The Bertz CT molecular complexity index is 837. The van der Waals surface area contributed by atoms with E-state index in [0.717, 1.165) is 36.8 Å². The fraction of sp³-hybridized carbons (Fsp3) is 0.412. The van der Waals surface area contributed by atoms with Crippen LogP contribution in [0.15, 0.2) is 28.6 Å². The molecule has 1 fully saturated rings. The maximum atomic E-state index is 12.6. The van der Waals surface area contributed by atoms with E-state index in [4.69, 9.17) is 4.74 Å². The molecule has 2 aliphatic rings. The van der Waals surface area contributed by atoms with Crippen LogP contribution in [0.4, 0.5) is 16.5 Å². The average molecular weight is 406 g/mol. The molecule has 142 valence electrons. The van der Waals surface area contributed by atoms with Crippen molar-refractivity contribution in [3.63, 3.8) is 0 Å². The number of hydrogen-bond acceptors (Lipinski definition) is 8. The SMILES string of the molecule is O=C1CN(C(=O)CSc2nnc(NCC3CCCO3)s2)c2ccccc2N1. The van der Waals surface area contributed by atoms with Crippen molar-refractivity contribution >= 4 is 51.4 Å². The van der Waals surface area contributed by atoms with Crippen LogP contribution in [0.3, 0.4) is 0 Å². The largest absolute Gasteiger partial charge is 0.376 e. The lowest BCUT2D eigenvalue weighted by Crippen LogP contribution is -2.43. The van der Waals surface area contributed by atoms with Gasteiger partial charge in [-0.2, -0.15) is 0 Å². The Morgan fingerprint density at radius 1 is 1.41 bits per heavy atom. The lowest BCUT2D eigenvalue weighted by atomic mass is 10.2. The van der Waals surface area contributed by atoms with E-state index in [9.17, 15) is 9.59 Å². The van der Waals surface area contributed by atoms with Crippen LogP contribution >= 0.6 is 23.1 Å². The Labute approximate surface area is 164 Å². The van der Waals surface area contributed by atoms with E-state index in [2.05, 4.69) is 20.8 Å². The quantitative estimate of drug-likeness (QED) is 0.711. The average Bonchev–Trinajstić information content (AvgIpc) is 3.35. The normalized spacial score (nSPS) is 18.9. The van der Waals surface area contributed by atoms with E-state index in [-0.39, 0.29) is 30.2 Å². The summed E-state index contributed by atoms with van der Waals surface area (Å²) in [6, 6.07) is 7.29. The molecule has 3 heterocycles. The molecule has 0 spiro atoms. The maximum absolute atomic E-state index is 12.6. The van der Waals surface area contributed by atoms with Gasteiger partial charge in [-0.15, -0.1) is 10.2 Å². The first-order valence-corrected chi connectivity index (χ1v) is 10.5. The molecule has 4 rings (SSSR count). The number of ether oxygens (including phenoxy) is 1. The first kappa shape index (κ1) is 18.2. The van der Waals surface area contributed by atoms with Crippen molar-refractivity contribution < 1.29 is 14.3 Å². The zero-order valence-corrected chi connectivity index (χ0v) is 16.1. The van der Waals surface area contributed by atoms with Crippen LogP contribution in [0.1, 0.15) is 12.8 Å². The van der Waals surface area contributed by atoms with Crippen LogP contribution in [0, 0.1) is 0 Å². The van der Waals surface area contributed by atoms with Crippen molar-refractivity contribution in [3.8, 4) is 0 Å². The molecule has 0 bridgehead atoms. The van der Waals surface area contributed by atoms with Gasteiger partial charge in [-0.3, -0.25) is 9.59 Å². The number of hydrogen-bond donors (Lipinski definition) is 2. The van der Waals surface area contributed by atoms with Crippen LogP contribution in [0.5, 0.6) is 0 Å². The number of fused-ring (bicyclic) bond motifs is 1. The zero-order valence-electron chi connectivity index (χ0n) is 14.5. The molecule has 1 aromatic carbocycles. The monoisotopic (exact) mass is 405 g/mol. The van der Waals surface area contributed by atoms with Crippen molar-refractivity contribution in [2.75, 3.05) is 41.0 Å². The molecule has 1 aromatic heterocycles. The smallest absolute Gasteiger partial charge is 0.244 e. The molecule has 2 amide bonds. The molecule has 10 heteroatoms. The molecule has 8 nitrogen and oxygen atoms in total. The molecule has 0 saturated carbocycles. The highest BCUT2D eigenvalue weighted by Gasteiger charge is 2.26. The number of carbonyl (C=O) groups is 2. The summed E-state index contributed by atoms with van der Waals surface area (Å²) >= 11 is 2.74. The minimum absolute atomic E-state index is 0.0285. The van der Waals surface area contributed by atoms with Gasteiger partial charge in [0.15, 0.2) is 4.34 Å². The van der Waals surface area contributed by atoms with Crippen molar-refractivity contribution in [2.24, 2.45) is 0 Å². The zero-order chi connectivity index (χ0) is 18.6. The molecule has 0 aliphatic carbocycles. The number of benzene rings is 1. The van der Waals surface area contributed by atoms with Crippen LogP contribution in [0.25, 0.3) is 0 Å². The van der Waals surface area contributed by atoms with Crippen LogP contribution in [-0.2, 0) is 14.3 Å². The second kappa shape index (κ2) is 8.24. The number of aromatic nitrogens is 2. The second-order valence-electron chi connectivity index (χ2n) is 6.22. The van der Waals surface area contributed by atoms with Crippen molar-refractivity contribution in [1.29, 1.82) is 0 Å². The lowest BCUT2D eigenvalue weighted by molar-refractivity contribution is -0.120. The number of amides is 2. The summed E-state index contributed by atoms with van der Waals surface area (Å²) in [5, 5.41) is 15.0. The summed E-state index contributed by atoms with van der Waals surface area (Å²) in [4.78, 5) is 26.0. The molecule has 2 aromatic rings. The second-order valence-corrected chi connectivity index (χ2v) is 8.42. The Morgan fingerprint density at radius 3 is 3.15 bits per heavy atom. The topological polar surface area (TPSA) is 96.5 Å². The number of anilines is 3. The minimum Gasteiger partial charge on any atom is -0.376 e. The third-order valence-corrected chi connectivity index (χ3v) is 6.30.